The van der Waals surface area contributed by atoms with Gasteiger partial charge in [0.15, 0.2) is 18.1 Å². The molecule has 0 saturated heterocycles. The summed E-state index contributed by atoms with van der Waals surface area (Å²) in [6, 6.07) is 3.58. The van der Waals surface area contributed by atoms with Gasteiger partial charge in [-0.3, -0.25) is 4.79 Å². The molecule has 6 nitrogen and oxygen atoms in total. The molecule has 0 spiro atoms. The van der Waals surface area contributed by atoms with E-state index in [0.717, 1.165) is 19.3 Å². The lowest BCUT2D eigenvalue weighted by Gasteiger charge is -2.29. The highest BCUT2D eigenvalue weighted by molar-refractivity contribution is 5.78. The van der Waals surface area contributed by atoms with Crippen LogP contribution in [-0.4, -0.2) is 37.9 Å². The number of ether oxygens (including phenoxy) is 3. The predicted octanol–water partition coefficient (Wildman–Crippen LogP) is 2.83. The van der Waals surface area contributed by atoms with Gasteiger partial charge in [0.1, 0.15) is 0 Å². The molecule has 0 aromatic heterocycles. The van der Waals surface area contributed by atoms with E-state index in [9.17, 15) is 9.90 Å². The Morgan fingerprint density at radius 3 is 2.36 bits per heavy atom. The number of aliphatic hydroxyl groups excluding tert-OH is 1. The van der Waals surface area contributed by atoms with Crippen LogP contribution < -0.4 is 19.5 Å². The molecule has 140 valence electrons. The first kappa shape index (κ1) is 19.4. The van der Waals surface area contributed by atoms with Gasteiger partial charge in [0, 0.05) is 6.04 Å². The van der Waals surface area contributed by atoms with Gasteiger partial charge in [0.05, 0.1) is 20.3 Å². The van der Waals surface area contributed by atoms with Crippen molar-refractivity contribution in [2.75, 3.05) is 20.8 Å². The number of rotatable bonds is 7. The second kappa shape index (κ2) is 8.94. The highest BCUT2D eigenvalue weighted by Gasteiger charge is 2.23. The van der Waals surface area contributed by atoms with E-state index in [0.29, 0.717) is 28.7 Å². The predicted molar refractivity (Wildman–Crippen MR) is 95.2 cm³/mol. The van der Waals surface area contributed by atoms with Crippen LogP contribution in [0.4, 0.5) is 0 Å². The van der Waals surface area contributed by atoms with Gasteiger partial charge in [-0.1, -0.05) is 19.8 Å². The molecule has 1 aromatic rings. The monoisotopic (exact) mass is 351 g/mol. The van der Waals surface area contributed by atoms with Gasteiger partial charge in [-0.25, -0.2) is 0 Å². The minimum absolute atomic E-state index is 0.107. The summed E-state index contributed by atoms with van der Waals surface area (Å²) in [4.78, 5) is 12.2. The molecule has 1 aliphatic carbocycles. The van der Waals surface area contributed by atoms with Crippen molar-refractivity contribution in [3.05, 3.63) is 17.7 Å². The summed E-state index contributed by atoms with van der Waals surface area (Å²) in [5.74, 6) is 1.55. The Bertz CT molecular complexity index is 562. The molecule has 1 amide bonds. The second-order valence-corrected chi connectivity index (χ2v) is 6.65. The fourth-order valence-corrected chi connectivity index (χ4v) is 3.20. The Kier molecular flexibility index (Phi) is 6.93. The first-order valence-corrected chi connectivity index (χ1v) is 8.82. The molecular formula is C19H29NO5. The van der Waals surface area contributed by atoms with Crippen molar-refractivity contribution in [3.8, 4) is 17.2 Å². The third-order valence-electron chi connectivity index (χ3n) is 4.77. The molecule has 1 fully saturated rings. The molecule has 0 heterocycles. The Balaban J connectivity index is 2.04. The average Bonchev–Trinajstić information content (AvgIpc) is 2.61. The standard InChI is InChI=1S/C19H29NO5/c1-12-7-5-6-8-15(12)20-18(22)11-25-19-16(23-3)9-14(13(2)21)10-17(19)24-4/h9-10,12-13,15,21H,5-8,11H2,1-4H3,(H,20,22). The van der Waals surface area contributed by atoms with Crippen molar-refractivity contribution in [2.24, 2.45) is 5.92 Å². The fourth-order valence-electron chi connectivity index (χ4n) is 3.20. The van der Waals surface area contributed by atoms with Crippen LogP contribution >= 0.6 is 0 Å². The molecular weight excluding hydrogens is 322 g/mol. The fraction of sp³-hybridized carbons (Fsp3) is 0.632. The molecule has 2 rings (SSSR count). The SMILES string of the molecule is COc1cc(C(C)O)cc(OC)c1OCC(=O)NC1CCCCC1C. The second-order valence-electron chi connectivity index (χ2n) is 6.65. The van der Waals surface area contributed by atoms with Crippen LogP contribution in [0.1, 0.15) is 51.2 Å². The maximum atomic E-state index is 12.2. The van der Waals surface area contributed by atoms with E-state index in [-0.39, 0.29) is 18.6 Å². The van der Waals surface area contributed by atoms with E-state index >= 15 is 0 Å². The number of aliphatic hydroxyl groups is 1. The molecule has 0 aliphatic heterocycles. The van der Waals surface area contributed by atoms with Crippen LogP contribution in [0.25, 0.3) is 0 Å². The normalized spacial score (nSPS) is 21.3. The van der Waals surface area contributed by atoms with Crippen LogP contribution in [-0.2, 0) is 4.79 Å². The van der Waals surface area contributed by atoms with Crippen LogP contribution in [0.15, 0.2) is 12.1 Å². The summed E-state index contributed by atoms with van der Waals surface area (Å²) in [5.41, 5.74) is 0.654. The van der Waals surface area contributed by atoms with Gasteiger partial charge in [0.25, 0.3) is 5.91 Å². The lowest BCUT2D eigenvalue weighted by atomic mass is 9.86. The summed E-state index contributed by atoms with van der Waals surface area (Å²) < 4.78 is 16.3. The summed E-state index contributed by atoms with van der Waals surface area (Å²) >= 11 is 0. The molecule has 1 aliphatic rings. The van der Waals surface area contributed by atoms with Crippen LogP contribution in [0, 0.1) is 5.92 Å². The smallest absolute Gasteiger partial charge is 0.258 e. The zero-order valence-electron chi connectivity index (χ0n) is 15.5. The number of hydrogen-bond acceptors (Lipinski definition) is 5. The molecule has 0 radical (unpaired) electrons. The number of carbonyl (C=O) groups is 1. The minimum Gasteiger partial charge on any atom is -0.493 e. The number of nitrogens with one attached hydrogen (secondary N) is 1. The van der Waals surface area contributed by atoms with E-state index in [1.165, 1.54) is 20.6 Å². The first-order valence-electron chi connectivity index (χ1n) is 8.82. The maximum Gasteiger partial charge on any atom is 0.258 e. The van der Waals surface area contributed by atoms with Crippen LogP contribution in [0.5, 0.6) is 17.2 Å². The van der Waals surface area contributed by atoms with Gasteiger partial charge >= 0.3 is 0 Å². The highest BCUT2D eigenvalue weighted by Crippen LogP contribution is 2.40. The zero-order chi connectivity index (χ0) is 18.4. The third kappa shape index (κ3) is 5.01. The van der Waals surface area contributed by atoms with Crippen molar-refractivity contribution in [1.29, 1.82) is 0 Å². The Morgan fingerprint density at radius 2 is 1.84 bits per heavy atom. The van der Waals surface area contributed by atoms with Crippen molar-refractivity contribution in [2.45, 2.75) is 51.7 Å². The number of carbonyl (C=O) groups excluding carboxylic acids is 1. The van der Waals surface area contributed by atoms with Crippen molar-refractivity contribution in [3.63, 3.8) is 0 Å². The molecule has 3 unspecified atom stereocenters. The number of amides is 1. The van der Waals surface area contributed by atoms with Gasteiger partial charge in [0.2, 0.25) is 5.75 Å². The summed E-state index contributed by atoms with van der Waals surface area (Å²) in [5, 5.41) is 12.8. The van der Waals surface area contributed by atoms with Gasteiger partial charge in [-0.05, 0) is 43.4 Å². The quantitative estimate of drug-likeness (QED) is 0.790. The third-order valence-corrected chi connectivity index (χ3v) is 4.77. The largest absolute Gasteiger partial charge is 0.493 e. The minimum atomic E-state index is -0.659. The van der Waals surface area contributed by atoms with Crippen molar-refractivity contribution in [1.82, 2.24) is 5.32 Å². The molecule has 1 saturated carbocycles. The molecule has 6 heteroatoms. The van der Waals surface area contributed by atoms with Gasteiger partial charge in [-0.15, -0.1) is 0 Å². The van der Waals surface area contributed by atoms with Crippen LogP contribution in [0.3, 0.4) is 0 Å². The number of hydrogen-bond donors (Lipinski definition) is 2. The van der Waals surface area contributed by atoms with E-state index in [1.54, 1.807) is 19.1 Å². The lowest BCUT2D eigenvalue weighted by molar-refractivity contribution is -0.124. The molecule has 25 heavy (non-hydrogen) atoms. The van der Waals surface area contributed by atoms with Gasteiger partial charge < -0.3 is 24.6 Å². The van der Waals surface area contributed by atoms with E-state index in [1.807, 2.05) is 0 Å². The topological polar surface area (TPSA) is 77.0 Å². The van der Waals surface area contributed by atoms with Crippen LogP contribution in [0.2, 0.25) is 0 Å². The molecule has 1 aromatic carbocycles. The summed E-state index contributed by atoms with van der Waals surface area (Å²) in [7, 11) is 3.02. The van der Waals surface area contributed by atoms with E-state index in [4.69, 9.17) is 14.2 Å². The Labute approximate surface area is 149 Å². The Morgan fingerprint density at radius 1 is 1.24 bits per heavy atom. The maximum absolute atomic E-state index is 12.2. The van der Waals surface area contributed by atoms with E-state index in [2.05, 4.69) is 12.2 Å². The molecule has 3 atom stereocenters. The molecule has 2 N–H and O–H groups in total. The lowest BCUT2D eigenvalue weighted by Crippen LogP contribution is -2.43. The highest BCUT2D eigenvalue weighted by atomic mass is 16.5. The van der Waals surface area contributed by atoms with Gasteiger partial charge in [-0.2, -0.15) is 0 Å². The first-order chi connectivity index (χ1) is 12.0. The summed E-state index contributed by atoms with van der Waals surface area (Å²) in [6.45, 7) is 3.73. The number of benzene rings is 1. The summed E-state index contributed by atoms with van der Waals surface area (Å²) in [6.07, 6.45) is 3.89. The van der Waals surface area contributed by atoms with Crippen molar-refractivity contribution >= 4 is 5.91 Å². The Hall–Kier alpha value is -1.95. The van der Waals surface area contributed by atoms with E-state index < -0.39 is 6.10 Å². The van der Waals surface area contributed by atoms with Crippen molar-refractivity contribution < 1.29 is 24.1 Å². The average molecular weight is 351 g/mol. The molecule has 0 bridgehead atoms. The zero-order valence-corrected chi connectivity index (χ0v) is 15.5. The number of methoxy groups -OCH3 is 2.